The second-order valence-corrected chi connectivity index (χ2v) is 8.29. The molecule has 0 amide bonds. The lowest BCUT2D eigenvalue weighted by molar-refractivity contribution is -0.206. The highest BCUT2D eigenvalue weighted by molar-refractivity contribution is 5.78. The smallest absolute Gasteiger partial charge is 0.335 e. The van der Waals surface area contributed by atoms with Crippen LogP contribution in [0.3, 0.4) is 0 Å². The SMILES string of the molecule is O=C(Cc1ccc(O)c(O)c1)O[C@@H]1CC(O)(C(=O)O)C[C@@H](OC(=O)Cc2ccc(O)c(O)c2)C1O. The van der Waals surface area contributed by atoms with Crippen molar-refractivity contribution >= 4 is 17.9 Å². The number of aliphatic hydroxyl groups is 2. The molecule has 2 atom stereocenters. The first-order chi connectivity index (χ1) is 16.4. The van der Waals surface area contributed by atoms with Crippen LogP contribution in [0.1, 0.15) is 24.0 Å². The van der Waals surface area contributed by atoms with E-state index in [2.05, 4.69) is 0 Å². The average Bonchev–Trinajstić information content (AvgIpc) is 2.76. The summed E-state index contributed by atoms with van der Waals surface area (Å²) < 4.78 is 10.3. The van der Waals surface area contributed by atoms with Crippen molar-refractivity contribution < 1.29 is 59.6 Å². The fourth-order valence-electron chi connectivity index (χ4n) is 3.74. The van der Waals surface area contributed by atoms with Crippen molar-refractivity contribution in [3.8, 4) is 23.0 Å². The van der Waals surface area contributed by atoms with E-state index >= 15 is 0 Å². The minimum absolute atomic E-state index is 0.254. The maximum Gasteiger partial charge on any atom is 0.335 e. The molecule has 7 N–H and O–H groups in total. The van der Waals surface area contributed by atoms with Gasteiger partial charge in [-0.3, -0.25) is 9.59 Å². The number of aromatic hydroxyl groups is 4. The van der Waals surface area contributed by atoms with Crippen molar-refractivity contribution in [3.63, 3.8) is 0 Å². The molecule has 0 saturated heterocycles. The molecule has 3 rings (SSSR count). The molecule has 2 aromatic rings. The van der Waals surface area contributed by atoms with Crippen molar-refractivity contribution in [1.82, 2.24) is 0 Å². The minimum Gasteiger partial charge on any atom is -0.504 e. The second-order valence-electron chi connectivity index (χ2n) is 8.29. The first-order valence-corrected chi connectivity index (χ1v) is 10.4. The second kappa shape index (κ2) is 10.1. The Kier molecular flexibility index (Phi) is 7.37. The zero-order valence-electron chi connectivity index (χ0n) is 18.2. The monoisotopic (exact) mass is 492 g/mol. The maximum atomic E-state index is 12.4. The lowest BCUT2D eigenvalue weighted by atomic mass is 9.79. The van der Waals surface area contributed by atoms with Gasteiger partial charge in [-0.2, -0.15) is 0 Å². The van der Waals surface area contributed by atoms with Gasteiger partial charge < -0.3 is 45.2 Å². The van der Waals surface area contributed by atoms with Crippen LogP contribution < -0.4 is 0 Å². The van der Waals surface area contributed by atoms with E-state index in [0.29, 0.717) is 0 Å². The van der Waals surface area contributed by atoms with Gasteiger partial charge in [0, 0.05) is 12.8 Å². The van der Waals surface area contributed by atoms with Gasteiger partial charge in [0.15, 0.2) is 28.6 Å². The Morgan fingerprint density at radius 1 is 0.771 bits per heavy atom. The molecule has 1 aliphatic carbocycles. The van der Waals surface area contributed by atoms with Gasteiger partial charge >= 0.3 is 17.9 Å². The van der Waals surface area contributed by atoms with Gasteiger partial charge in [0.1, 0.15) is 18.3 Å². The predicted molar refractivity (Wildman–Crippen MR) is 115 cm³/mol. The molecule has 0 unspecified atom stereocenters. The van der Waals surface area contributed by atoms with E-state index in [1.54, 1.807) is 0 Å². The summed E-state index contributed by atoms with van der Waals surface area (Å²) in [7, 11) is 0. The van der Waals surface area contributed by atoms with Crippen molar-refractivity contribution in [3.05, 3.63) is 47.5 Å². The normalized spacial score (nSPS) is 23.9. The van der Waals surface area contributed by atoms with Gasteiger partial charge in [-0.05, 0) is 35.4 Å². The molecule has 0 aromatic heterocycles. The Balaban J connectivity index is 1.71. The number of phenolic OH excluding ortho intramolecular Hbond substituents is 4. The van der Waals surface area contributed by atoms with E-state index in [0.717, 1.165) is 24.3 Å². The maximum absolute atomic E-state index is 12.4. The van der Waals surface area contributed by atoms with Gasteiger partial charge in [-0.25, -0.2) is 4.79 Å². The highest BCUT2D eigenvalue weighted by Gasteiger charge is 2.52. The number of carboxylic acids is 1. The fourth-order valence-corrected chi connectivity index (χ4v) is 3.74. The summed E-state index contributed by atoms with van der Waals surface area (Å²) in [4.78, 5) is 36.4. The van der Waals surface area contributed by atoms with Crippen LogP contribution in [-0.2, 0) is 36.7 Å². The molecule has 1 fully saturated rings. The van der Waals surface area contributed by atoms with Crippen LogP contribution in [0.15, 0.2) is 36.4 Å². The number of aliphatic hydroxyl groups excluding tert-OH is 1. The van der Waals surface area contributed by atoms with Crippen LogP contribution in [0.4, 0.5) is 0 Å². The lowest BCUT2D eigenvalue weighted by Crippen LogP contribution is -2.58. The number of benzene rings is 2. The van der Waals surface area contributed by atoms with Gasteiger partial charge in [0.2, 0.25) is 0 Å². The molecule has 1 saturated carbocycles. The summed E-state index contributed by atoms with van der Waals surface area (Å²) in [5.74, 6) is -5.27. The van der Waals surface area contributed by atoms with Gasteiger partial charge in [-0.1, -0.05) is 12.1 Å². The molecule has 0 bridgehead atoms. The van der Waals surface area contributed by atoms with Crippen LogP contribution in [0.25, 0.3) is 0 Å². The van der Waals surface area contributed by atoms with Crippen LogP contribution in [0.2, 0.25) is 0 Å². The number of phenols is 4. The number of aliphatic carboxylic acids is 1. The minimum atomic E-state index is -2.47. The van der Waals surface area contributed by atoms with Crippen LogP contribution in [-0.4, -0.2) is 77.6 Å². The number of carbonyl (C=O) groups is 3. The van der Waals surface area contributed by atoms with Crippen molar-refractivity contribution in [1.29, 1.82) is 0 Å². The summed E-state index contributed by atoms with van der Waals surface area (Å²) in [6.45, 7) is 0. The van der Waals surface area contributed by atoms with Crippen LogP contribution >= 0.6 is 0 Å². The standard InChI is InChI=1S/C23H24O12/c24-13-3-1-11(5-15(13)26)7-19(28)34-17-9-23(33,22(31)32)10-18(21(17)30)35-20(29)8-12-2-4-14(25)16(27)6-12/h1-6,17-18,21,24-27,30,33H,7-10H2,(H,31,32)/t17-,18-,21?,23?/m1/s1. The van der Waals surface area contributed by atoms with Gasteiger partial charge in [0.05, 0.1) is 12.8 Å². The highest BCUT2D eigenvalue weighted by Crippen LogP contribution is 2.34. The number of hydrogen-bond donors (Lipinski definition) is 7. The van der Waals surface area contributed by atoms with Gasteiger partial charge in [-0.15, -0.1) is 0 Å². The van der Waals surface area contributed by atoms with E-state index < -0.39 is 90.5 Å². The third kappa shape index (κ3) is 6.11. The summed E-state index contributed by atoms with van der Waals surface area (Å²) >= 11 is 0. The third-order valence-corrected chi connectivity index (χ3v) is 5.58. The molecule has 12 nitrogen and oxygen atoms in total. The quantitative estimate of drug-likeness (QED) is 0.202. The Morgan fingerprint density at radius 3 is 1.51 bits per heavy atom. The van der Waals surface area contributed by atoms with Crippen molar-refractivity contribution in [2.75, 3.05) is 0 Å². The molecule has 0 heterocycles. The van der Waals surface area contributed by atoms with Crippen LogP contribution in [0, 0.1) is 0 Å². The third-order valence-electron chi connectivity index (χ3n) is 5.58. The molecule has 1 aliphatic rings. The zero-order valence-corrected chi connectivity index (χ0v) is 18.2. The molecule has 188 valence electrons. The first-order valence-electron chi connectivity index (χ1n) is 10.4. The first kappa shape index (κ1) is 25.6. The van der Waals surface area contributed by atoms with Crippen LogP contribution in [0.5, 0.6) is 23.0 Å². The molecule has 35 heavy (non-hydrogen) atoms. The Labute approximate surface area is 198 Å². The Bertz CT molecular complexity index is 1050. The summed E-state index contributed by atoms with van der Waals surface area (Å²) in [5, 5.41) is 68.4. The molecular weight excluding hydrogens is 468 g/mol. The van der Waals surface area contributed by atoms with Gasteiger partial charge in [0.25, 0.3) is 0 Å². The molecular formula is C23H24O12. The number of hydrogen-bond acceptors (Lipinski definition) is 11. The predicted octanol–water partition coefficient (Wildman–Crippen LogP) is 0.0882. The zero-order chi connectivity index (χ0) is 25.9. The number of carboxylic acid groups (broad SMARTS) is 1. The summed E-state index contributed by atoms with van der Waals surface area (Å²) in [6, 6.07) is 7.22. The summed E-state index contributed by atoms with van der Waals surface area (Å²) in [6.07, 6.45) is -6.90. The summed E-state index contributed by atoms with van der Waals surface area (Å²) in [5.41, 5.74) is -1.96. The average molecular weight is 492 g/mol. The van der Waals surface area contributed by atoms with E-state index in [4.69, 9.17) is 9.47 Å². The van der Waals surface area contributed by atoms with E-state index in [1.807, 2.05) is 0 Å². The molecule has 0 radical (unpaired) electrons. The van der Waals surface area contributed by atoms with Crippen molar-refractivity contribution in [2.45, 2.75) is 49.6 Å². The van der Waals surface area contributed by atoms with E-state index in [9.17, 15) is 50.1 Å². The molecule has 0 aliphatic heterocycles. The molecule has 2 aromatic carbocycles. The largest absolute Gasteiger partial charge is 0.504 e. The highest BCUT2D eigenvalue weighted by atomic mass is 16.6. The molecule has 0 spiro atoms. The number of ether oxygens (including phenoxy) is 2. The Morgan fingerprint density at radius 2 is 1.17 bits per heavy atom. The topological polar surface area (TPSA) is 211 Å². The van der Waals surface area contributed by atoms with Crippen molar-refractivity contribution in [2.24, 2.45) is 0 Å². The van der Waals surface area contributed by atoms with E-state index in [1.165, 1.54) is 12.1 Å². The van der Waals surface area contributed by atoms with E-state index in [-0.39, 0.29) is 11.1 Å². The number of rotatable bonds is 7. The Hall–Kier alpha value is -4.03. The number of esters is 2. The molecule has 12 heteroatoms. The number of carbonyl (C=O) groups excluding carboxylic acids is 2. The lowest BCUT2D eigenvalue weighted by Gasteiger charge is -2.40. The fraction of sp³-hybridized carbons (Fsp3) is 0.348.